The molecule has 8 nitrogen and oxygen atoms in total. The fraction of sp³-hybridized carbons (Fsp3) is 0.600. The zero-order valence-corrected chi connectivity index (χ0v) is 10.2. The summed E-state index contributed by atoms with van der Waals surface area (Å²) < 4.78 is 9.21. The SMILES string of the molecule is CCOC(=O)CN1C(=O)N(CC(=O)OCC)C1=O. The fourth-order valence-corrected chi connectivity index (χ4v) is 1.35. The Morgan fingerprint density at radius 3 is 1.50 bits per heavy atom. The highest BCUT2D eigenvalue weighted by molar-refractivity contribution is 6.14. The molecule has 100 valence electrons. The van der Waals surface area contributed by atoms with Crippen molar-refractivity contribution in [1.82, 2.24) is 9.80 Å². The van der Waals surface area contributed by atoms with Gasteiger partial charge in [0.1, 0.15) is 13.1 Å². The second-order valence-electron chi connectivity index (χ2n) is 3.35. The Balaban J connectivity index is 2.45. The van der Waals surface area contributed by atoms with Gasteiger partial charge in [-0.25, -0.2) is 19.4 Å². The van der Waals surface area contributed by atoms with E-state index in [1.165, 1.54) is 0 Å². The van der Waals surface area contributed by atoms with E-state index in [9.17, 15) is 19.2 Å². The molecule has 8 heteroatoms. The first kappa shape index (κ1) is 13.9. The van der Waals surface area contributed by atoms with Gasteiger partial charge in [0.05, 0.1) is 13.2 Å². The van der Waals surface area contributed by atoms with Crippen LogP contribution in [0.15, 0.2) is 0 Å². The van der Waals surface area contributed by atoms with Crippen molar-refractivity contribution < 1.29 is 28.7 Å². The van der Waals surface area contributed by atoms with E-state index in [-0.39, 0.29) is 13.2 Å². The molecule has 0 aliphatic carbocycles. The summed E-state index contributed by atoms with van der Waals surface area (Å²) in [4.78, 5) is 46.5. The Morgan fingerprint density at radius 2 is 1.22 bits per heavy atom. The average Bonchev–Trinajstić information content (AvgIpc) is 2.33. The standard InChI is InChI=1S/C10H14N2O6/c1-3-17-7(13)5-11-9(15)12(10(11)16)6-8(14)18-4-2/h3-6H2,1-2H3. The number of hydrogen-bond acceptors (Lipinski definition) is 6. The molecule has 1 fully saturated rings. The van der Waals surface area contributed by atoms with Crippen LogP contribution in [-0.4, -0.2) is 60.1 Å². The Kier molecular flexibility index (Phi) is 4.64. The van der Waals surface area contributed by atoms with Crippen LogP contribution in [-0.2, 0) is 19.1 Å². The van der Waals surface area contributed by atoms with E-state index < -0.39 is 37.1 Å². The summed E-state index contributed by atoms with van der Waals surface area (Å²) in [5.41, 5.74) is 0. The second kappa shape index (κ2) is 5.99. The maximum absolute atomic E-state index is 11.5. The van der Waals surface area contributed by atoms with Gasteiger partial charge < -0.3 is 9.47 Å². The summed E-state index contributed by atoms with van der Waals surface area (Å²) in [5, 5.41) is 0. The lowest BCUT2D eigenvalue weighted by Gasteiger charge is -2.37. The first-order valence-electron chi connectivity index (χ1n) is 5.45. The third kappa shape index (κ3) is 2.96. The number of ether oxygens (including phenoxy) is 2. The maximum Gasteiger partial charge on any atom is 0.337 e. The molecule has 0 aromatic rings. The number of carbonyl (C=O) groups is 4. The van der Waals surface area contributed by atoms with Crippen LogP contribution in [0.25, 0.3) is 0 Å². The topological polar surface area (TPSA) is 93.2 Å². The fourth-order valence-electron chi connectivity index (χ4n) is 1.35. The molecule has 0 atom stereocenters. The van der Waals surface area contributed by atoms with E-state index in [0.717, 1.165) is 0 Å². The lowest BCUT2D eigenvalue weighted by atomic mass is 10.4. The lowest BCUT2D eigenvalue weighted by molar-refractivity contribution is -0.144. The Hall–Kier alpha value is -2.12. The van der Waals surface area contributed by atoms with Crippen LogP contribution >= 0.6 is 0 Å². The quantitative estimate of drug-likeness (QED) is 0.621. The van der Waals surface area contributed by atoms with Crippen LogP contribution in [0.1, 0.15) is 13.8 Å². The molecular formula is C10H14N2O6. The van der Waals surface area contributed by atoms with Crippen LogP contribution in [0.2, 0.25) is 0 Å². The van der Waals surface area contributed by atoms with E-state index in [4.69, 9.17) is 0 Å². The van der Waals surface area contributed by atoms with Crippen molar-refractivity contribution in [3.05, 3.63) is 0 Å². The summed E-state index contributed by atoms with van der Waals surface area (Å²) in [6, 6.07) is -1.41. The molecule has 0 aromatic heterocycles. The van der Waals surface area contributed by atoms with E-state index in [0.29, 0.717) is 9.80 Å². The second-order valence-corrected chi connectivity index (χ2v) is 3.35. The van der Waals surface area contributed by atoms with Gasteiger partial charge in [0.2, 0.25) is 0 Å². The smallest absolute Gasteiger partial charge is 0.337 e. The molecular weight excluding hydrogens is 244 g/mol. The summed E-state index contributed by atoms with van der Waals surface area (Å²) in [5.74, 6) is -1.34. The Labute approximate surface area is 103 Å². The van der Waals surface area contributed by atoms with Gasteiger partial charge in [-0.05, 0) is 13.8 Å². The first-order valence-corrected chi connectivity index (χ1v) is 5.45. The highest BCUT2D eigenvalue weighted by Crippen LogP contribution is 2.15. The third-order valence-corrected chi connectivity index (χ3v) is 2.11. The van der Waals surface area contributed by atoms with Gasteiger partial charge >= 0.3 is 24.0 Å². The maximum atomic E-state index is 11.5. The van der Waals surface area contributed by atoms with Crippen LogP contribution < -0.4 is 0 Å². The molecule has 0 radical (unpaired) electrons. The normalized spacial score (nSPS) is 14.3. The molecule has 0 aromatic carbocycles. The molecule has 4 amide bonds. The zero-order valence-electron chi connectivity index (χ0n) is 10.2. The van der Waals surface area contributed by atoms with Crippen molar-refractivity contribution in [3.8, 4) is 0 Å². The van der Waals surface area contributed by atoms with Crippen LogP contribution in [0.3, 0.4) is 0 Å². The number of nitrogens with zero attached hydrogens (tertiary/aromatic N) is 2. The highest BCUT2D eigenvalue weighted by atomic mass is 16.5. The number of amides is 4. The molecule has 1 heterocycles. The van der Waals surface area contributed by atoms with Crippen LogP contribution in [0.4, 0.5) is 9.59 Å². The number of urea groups is 2. The van der Waals surface area contributed by atoms with Crippen molar-refractivity contribution in [1.29, 1.82) is 0 Å². The summed E-state index contributed by atoms with van der Waals surface area (Å²) in [7, 11) is 0. The number of rotatable bonds is 6. The van der Waals surface area contributed by atoms with E-state index in [1.54, 1.807) is 13.8 Å². The van der Waals surface area contributed by atoms with E-state index >= 15 is 0 Å². The minimum absolute atomic E-state index is 0.168. The largest absolute Gasteiger partial charge is 0.465 e. The summed E-state index contributed by atoms with van der Waals surface area (Å²) in [6.07, 6.45) is 0. The van der Waals surface area contributed by atoms with Crippen molar-refractivity contribution in [3.63, 3.8) is 0 Å². The predicted molar refractivity (Wildman–Crippen MR) is 57.5 cm³/mol. The summed E-state index contributed by atoms with van der Waals surface area (Å²) in [6.45, 7) is 2.69. The number of hydrogen-bond donors (Lipinski definition) is 0. The molecule has 1 saturated heterocycles. The van der Waals surface area contributed by atoms with Gasteiger partial charge in [0.25, 0.3) is 0 Å². The molecule has 1 aliphatic rings. The Bertz CT molecular complexity index is 333. The molecule has 1 aliphatic heterocycles. The van der Waals surface area contributed by atoms with Crippen molar-refractivity contribution >= 4 is 24.0 Å². The third-order valence-electron chi connectivity index (χ3n) is 2.11. The van der Waals surface area contributed by atoms with Gasteiger partial charge in [0.15, 0.2) is 0 Å². The van der Waals surface area contributed by atoms with Crippen LogP contribution in [0.5, 0.6) is 0 Å². The van der Waals surface area contributed by atoms with E-state index in [1.807, 2.05) is 0 Å². The molecule has 0 unspecified atom stereocenters. The molecule has 0 N–H and O–H groups in total. The number of esters is 2. The minimum atomic E-state index is -0.707. The molecule has 18 heavy (non-hydrogen) atoms. The van der Waals surface area contributed by atoms with Crippen molar-refractivity contribution in [2.24, 2.45) is 0 Å². The number of imide groups is 2. The predicted octanol–water partition coefficient (Wildman–Crippen LogP) is -0.0298. The zero-order chi connectivity index (χ0) is 13.7. The minimum Gasteiger partial charge on any atom is -0.465 e. The summed E-state index contributed by atoms with van der Waals surface area (Å²) >= 11 is 0. The van der Waals surface area contributed by atoms with Gasteiger partial charge in [-0.3, -0.25) is 9.59 Å². The van der Waals surface area contributed by atoms with Gasteiger partial charge in [-0.15, -0.1) is 0 Å². The van der Waals surface area contributed by atoms with Gasteiger partial charge in [-0.2, -0.15) is 0 Å². The molecule has 0 spiro atoms. The Morgan fingerprint density at radius 1 is 0.889 bits per heavy atom. The van der Waals surface area contributed by atoms with E-state index in [2.05, 4.69) is 9.47 Å². The molecule has 0 saturated carbocycles. The molecule has 1 rings (SSSR count). The molecule has 0 bridgehead atoms. The van der Waals surface area contributed by atoms with Gasteiger partial charge in [-0.1, -0.05) is 0 Å². The van der Waals surface area contributed by atoms with Crippen LogP contribution in [0, 0.1) is 0 Å². The highest BCUT2D eigenvalue weighted by Gasteiger charge is 2.45. The monoisotopic (exact) mass is 258 g/mol. The lowest BCUT2D eigenvalue weighted by Crippen LogP contribution is -2.66. The number of carbonyl (C=O) groups excluding carboxylic acids is 4. The van der Waals surface area contributed by atoms with Crippen molar-refractivity contribution in [2.45, 2.75) is 13.8 Å². The first-order chi connectivity index (χ1) is 8.51. The van der Waals surface area contributed by atoms with Gasteiger partial charge in [0, 0.05) is 0 Å². The van der Waals surface area contributed by atoms with Crippen molar-refractivity contribution in [2.75, 3.05) is 26.3 Å². The average molecular weight is 258 g/mol.